The van der Waals surface area contributed by atoms with E-state index >= 15 is 0 Å². The molecule has 2 heterocycles. The predicted octanol–water partition coefficient (Wildman–Crippen LogP) is 2.16. The molecule has 3 heteroatoms. The van der Waals surface area contributed by atoms with Crippen molar-refractivity contribution in [2.75, 3.05) is 20.1 Å². The van der Waals surface area contributed by atoms with Gasteiger partial charge in [0.15, 0.2) is 0 Å². The van der Waals surface area contributed by atoms with E-state index in [2.05, 4.69) is 37.2 Å². The topological polar surface area (TPSA) is 15.3 Å². The number of likely N-dealkylation sites (tertiary alicyclic amines) is 1. The summed E-state index contributed by atoms with van der Waals surface area (Å²) in [6.45, 7) is 7.87. The van der Waals surface area contributed by atoms with Gasteiger partial charge in [0.25, 0.3) is 0 Å². The second kappa shape index (κ2) is 4.64. The lowest BCUT2D eigenvalue weighted by Crippen LogP contribution is -2.30. The quantitative estimate of drug-likeness (QED) is 0.846. The second-order valence-electron chi connectivity index (χ2n) is 4.57. The van der Waals surface area contributed by atoms with E-state index in [4.69, 9.17) is 0 Å². The van der Waals surface area contributed by atoms with Gasteiger partial charge in [0.1, 0.15) is 0 Å². The van der Waals surface area contributed by atoms with E-state index in [1.807, 2.05) is 11.3 Å². The maximum atomic E-state index is 3.65. The highest BCUT2D eigenvalue weighted by molar-refractivity contribution is 7.12. The van der Waals surface area contributed by atoms with Crippen LogP contribution in [0.1, 0.15) is 21.7 Å². The molecule has 2 nitrogen and oxygen atoms in total. The Bertz CT molecular complexity index is 332. The minimum Gasteiger partial charge on any atom is -0.309 e. The Morgan fingerprint density at radius 1 is 1.53 bits per heavy atom. The highest BCUT2D eigenvalue weighted by atomic mass is 32.1. The SMILES string of the molecule is Cc1cc(CNC2CCN(C)C2)c(C)s1. The molecule has 1 unspecified atom stereocenters. The van der Waals surface area contributed by atoms with Crippen molar-refractivity contribution in [2.45, 2.75) is 32.9 Å². The lowest BCUT2D eigenvalue weighted by Gasteiger charge is -2.12. The predicted molar refractivity (Wildman–Crippen MR) is 66.5 cm³/mol. The zero-order chi connectivity index (χ0) is 10.8. The summed E-state index contributed by atoms with van der Waals surface area (Å²) in [6.07, 6.45) is 1.29. The van der Waals surface area contributed by atoms with E-state index < -0.39 is 0 Å². The molecule has 0 aliphatic carbocycles. The molecular weight excluding hydrogens is 204 g/mol. The Balaban J connectivity index is 1.85. The van der Waals surface area contributed by atoms with Crippen LogP contribution in [0, 0.1) is 13.8 Å². The third-order valence-electron chi connectivity index (χ3n) is 3.12. The van der Waals surface area contributed by atoms with Crippen LogP contribution in [0.15, 0.2) is 6.07 Å². The largest absolute Gasteiger partial charge is 0.309 e. The molecule has 0 bridgehead atoms. The average Bonchev–Trinajstić information content (AvgIpc) is 2.70. The maximum absolute atomic E-state index is 3.65. The summed E-state index contributed by atoms with van der Waals surface area (Å²) in [4.78, 5) is 5.28. The van der Waals surface area contributed by atoms with E-state index in [1.165, 1.54) is 34.8 Å². The molecule has 1 aliphatic heterocycles. The summed E-state index contributed by atoms with van der Waals surface area (Å²) in [7, 11) is 2.20. The van der Waals surface area contributed by atoms with Crippen LogP contribution in [-0.4, -0.2) is 31.1 Å². The van der Waals surface area contributed by atoms with E-state index in [0.717, 1.165) is 6.54 Å². The van der Waals surface area contributed by atoms with Crippen LogP contribution in [0.3, 0.4) is 0 Å². The van der Waals surface area contributed by atoms with Gasteiger partial charge in [-0.2, -0.15) is 0 Å². The number of rotatable bonds is 3. The van der Waals surface area contributed by atoms with Gasteiger partial charge in [-0.05, 0) is 45.5 Å². The minimum atomic E-state index is 0.689. The number of nitrogens with zero attached hydrogens (tertiary/aromatic N) is 1. The second-order valence-corrected chi connectivity index (χ2v) is 6.03. The molecule has 1 aliphatic rings. The normalized spacial score (nSPS) is 22.5. The van der Waals surface area contributed by atoms with Crippen LogP contribution >= 0.6 is 11.3 Å². The molecule has 1 aromatic rings. The molecule has 1 aromatic heterocycles. The summed E-state index contributed by atoms with van der Waals surface area (Å²) >= 11 is 1.90. The third-order valence-corrected chi connectivity index (χ3v) is 4.12. The van der Waals surface area contributed by atoms with E-state index in [0.29, 0.717) is 6.04 Å². The molecule has 0 saturated carbocycles. The van der Waals surface area contributed by atoms with Crippen LogP contribution in [0.5, 0.6) is 0 Å². The smallest absolute Gasteiger partial charge is 0.0219 e. The highest BCUT2D eigenvalue weighted by Crippen LogP contribution is 2.20. The van der Waals surface area contributed by atoms with Gasteiger partial charge in [-0.3, -0.25) is 0 Å². The Labute approximate surface area is 96.3 Å². The Hall–Kier alpha value is -0.380. The van der Waals surface area contributed by atoms with Crippen LogP contribution in [-0.2, 0) is 6.54 Å². The molecule has 0 aromatic carbocycles. The molecule has 1 N–H and O–H groups in total. The van der Waals surface area contributed by atoms with Gasteiger partial charge in [-0.1, -0.05) is 0 Å². The summed E-state index contributed by atoms with van der Waals surface area (Å²) in [6, 6.07) is 3.00. The maximum Gasteiger partial charge on any atom is 0.0219 e. The molecule has 1 atom stereocenters. The van der Waals surface area contributed by atoms with Crippen LogP contribution in [0.25, 0.3) is 0 Å². The van der Waals surface area contributed by atoms with Crippen molar-refractivity contribution in [1.29, 1.82) is 0 Å². The zero-order valence-corrected chi connectivity index (χ0v) is 10.7. The number of thiophene rings is 1. The Kier molecular flexibility index (Phi) is 3.44. The first kappa shape index (κ1) is 11.1. The van der Waals surface area contributed by atoms with Gasteiger partial charge in [-0.25, -0.2) is 0 Å². The molecule has 0 radical (unpaired) electrons. The molecule has 15 heavy (non-hydrogen) atoms. The lowest BCUT2D eigenvalue weighted by molar-refractivity contribution is 0.397. The van der Waals surface area contributed by atoms with Crippen molar-refractivity contribution < 1.29 is 0 Å². The molecule has 2 rings (SSSR count). The zero-order valence-electron chi connectivity index (χ0n) is 9.84. The molecule has 84 valence electrons. The summed E-state index contributed by atoms with van der Waals surface area (Å²) < 4.78 is 0. The summed E-state index contributed by atoms with van der Waals surface area (Å²) in [5, 5.41) is 3.65. The highest BCUT2D eigenvalue weighted by Gasteiger charge is 2.18. The van der Waals surface area contributed by atoms with Gasteiger partial charge in [0, 0.05) is 28.9 Å². The number of likely N-dealkylation sites (N-methyl/N-ethyl adjacent to an activating group) is 1. The summed E-state index contributed by atoms with van der Waals surface area (Å²) in [5.74, 6) is 0. The molecular formula is C12H20N2S. The average molecular weight is 224 g/mol. The van der Waals surface area contributed by atoms with Gasteiger partial charge >= 0.3 is 0 Å². The van der Waals surface area contributed by atoms with Crippen molar-refractivity contribution in [3.8, 4) is 0 Å². The van der Waals surface area contributed by atoms with Gasteiger partial charge in [0.2, 0.25) is 0 Å². The first-order chi connectivity index (χ1) is 7.15. The molecule has 0 amide bonds. The van der Waals surface area contributed by atoms with Crippen molar-refractivity contribution in [3.63, 3.8) is 0 Å². The van der Waals surface area contributed by atoms with Crippen molar-refractivity contribution in [3.05, 3.63) is 21.4 Å². The standard InChI is InChI=1S/C12H20N2S/c1-9-6-11(10(2)15-9)7-13-12-4-5-14(3)8-12/h6,12-13H,4-5,7-8H2,1-3H3. The van der Waals surface area contributed by atoms with Crippen molar-refractivity contribution >= 4 is 11.3 Å². The van der Waals surface area contributed by atoms with Gasteiger partial charge < -0.3 is 10.2 Å². The third kappa shape index (κ3) is 2.80. The summed E-state index contributed by atoms with van der Waals surface area (Å²) in [5.41, 5.74) is 1.48. The fourth-order valence-electron chi connectivity index (χ4n) is 2.21. The molecule has 1 saturated heterocycles. The van der Waals surface area contributed by atoms with Gasteiger partial charge in [-0.15, -0.1) is 11.3 Å². The molecule has 1 fully saturated rings. The van der Waals surface area contributed by atoms with E-state index in [9.17, 15) is 0 Å². The number of hydrogen-bond acceptors (Lipinski definition) is 3. The van der Waals surface area contributed by atoms with Crippen LogP contribution in [0.2, 0.25) is 0 Å². The first-order valence-electron chi connectivity index (χ1n) is 5.63. The number of hydrogen-bond donors (Lipinski definition) is 1. The van der Waals surface area contributed by atoms with Gasteiger partial charge in [0.05, 0.1) is 0 Å². The lowest BCUT2D eigenvalue weighted by atomic mass is 10.2. The Morgan fingerprint density at radius 2 is 2.33 bits per heavy atom. The minimum absolute atomic E-state index is 0.689. The van der Waals surface area contributed by atoms with E-state index in [-0.39, 0.29) is 0 Å². The number of aryl methyl sites for hydroxylation is 2. The van der Waals surface area contributed by atoms with Crippen LogP contribution < -0.4 is 5.32 Å². The molecule has 0 spiro atoms. The fraction of sp³-hybridized carbons (Fsp3) is 0.667. The van der Waals surface area contributed by atoms with E-state index in [1.54, 1.807) is 0 Å². The number of nitrogens with one attached hydrogen (secondary N) is 1. The fourth-order valence-corrected chi connectivity index (χ4v) is 3.16. The van der Waals surface area contributed by atoms with Crippen molar-refractivity contribution in [1.82, 2.24) is 10.2 Å². The monoisotopic (exact) mass is 224 g/mol. The van der Waals surface area contributed by atoms with Crippen LogP contribution in [0.4, 0.5) is 0 Å². The Morgan fingerprint density at radius 3 is 2.87 bits per heavy atom. The van der Waals surface area contributed by atoms with Crippen molar-refractivity contribution in [2.24, 2.45) is 0 Å². The first-order valence-corrected chi connectivity index (χ1v) is 6.44.